The normalized spacial score (nSPS) is 16.3. The van der Waals surface area contributed by atoms with Gasteiger partial charge < -0.3 is 11.1 Å². The number of thiophene rings is 1. The van der Waals surface area contributed by atoms with Gasteiger partial charge in [0.2, 0.25) is 5.91 Å². The van der Waals surface area contributed by atoms with Gasteiger partial charge in [0, 0.05) is 4.88 Å². The number of hydrogen-bond donors (Lipinski definition) is 2. The first-order valence-electron chi connectivity index (χ1n) is 5.72. The van der Waals surface area contributed by atoms with Crippen molar-refractivity contribution in [1.29, 1.82) is 0 Å². The van der Waals surface area contributed by atoms with E-state index in [4.69, 9.17) is 17.3 Å². The fourth-order valence-electron chi connectivity index (χ4n) is 1.63. The first kappa shape index (κ1) is 14.5. The molecule has 0 saturated carbocycles. The number of amides is 1. The molecule has 1 rings (SSSR count). The van der Waals surface area contributed by atoms with E-state index in [0.29, 0.717) is 6.42 Å². The molecule has 0 spiro atoms. The van der Waals surface area contributed by atoms with E-state index < -0.39 is 5.54 Å². The van der Waals surface area contributed by atoms with Crippen LogP contribution in [-0.4, -0.2) is 11.4 Å². The van der Waals surface area contributed by atoms with Gasteiger partial charge in [-0.2, -0.15) is 0 Å². The predicted molar refractivity (Wildman–Crippen MR) is 73.4 cm³/mol. The molecule has 0 aliphatic heterocycles. The zero-order valence-electron chi connectivity index (χ0n) is 10.4. The van der Waals surface area contributed by atoms with Crippen LogP contribution in [0.2, 0.25) is 4.34 Å². The molecular weight excluding hydrogens is 256 g/mol. The lowest BCUT2D eigenvalue weighted by Gasteiger charge is -2.25. The Morgan fingerprint density at radius 1 is 1.65 bits per heavy atom. The second kappa shape index (κ2) is 5.85. The van der Waals surface area contributed by atoms with Crippen LogP contribution in [0.15, 0.2) is 12.1 Å². The standard InChI is InChI=1S/C12H19ClN2OS/c1-4-7-12(3,14)11(16)15-8(2)9-5-6-10(13)17-9/h5-6,8H,4,7,14H2,1-3H3,(H,15,16). The number of nitrogens with one attached hydrogen (secondary N) is 1. The van der Waals surface area contributed by atoms with Crippen molar-refractivity contribution in [1.82, 2.24) is 5.32 Å². The molecule has 1 aromatic heterocycles. The second-order valence-corrected chi connectivity index (χ2v) is 6.25. The highest BCUT2D eigenvalue weighted by molar-refractivity contribution is 7.16. The van der Waals surface area contributed by atoms with Gasteiger partial charge >= 0.3 is 0 Å². The van der Waals surface area contributed by atoms with Gasteiger partial charge in [-0.15, -0.1) is 11.3 Å². The molecule has 3 N–H and O–H groups in total. The van der Waals surface area contributed by atoms with Gasteiger partial charge in [0.15, 0.2) is 0 Å². The fourth-order valence-corrected chi connectivity index (χ4v) is 2.69. The van der Waals surface area contributed by atoms with Crippen LogP contribution >= 0.6 is 22.9 Å². The van der Waals surface area contributed by atoms with Crippen LogP contribution in [-0.2, 0) is 4.79 Å². The van der Waals surface area contributed by atoms with E-state index in [-0.39, 0.29) is 11.9 Å². The van der Waals surface area contributed by atoms with E-state index in [2.05, 4.69) is 5.32 Å². The zero-order chi connectivity index (χ0) is 13.1. The Morgan fingerprint density at radius 3 is 2.76 bits per heavy atom. The molecule has 2 unspecified atom stereocenters. The van der Waals surface area contributed by atoms with E-state index in [1.54, 1.807) is 6.92 Å². The third kappa shape index (κ3) is 3.98. The van der Waals surface area contributed by atoms with Gasteiger partial charge in [-0.05, 0) is 32.4 Å². The maximum absolute atomic E-state index is 12.0. The third-order valence-corrected chi connectivity index (χ3v) is 4.07. The Hall–Kier alpha value is -0.580. The summed E-state index contributed by atoms with van der Waals surface area (Å²) in [5.74, 6) is -0.114. The highest BCUT2D eigenvalue weighted by atomic mass is 35.5. The average Bonchev–Trinajstić information content (AvgIpc) is 2.64. The zero-order valence-corrected chi connectivity index (χ0v) is 12.0. The topological polar surface area (TPSA) is 55.1 Å². The summed E-state index contributed by atoms with van der Waals surface area (Å²) in [5, 5.41) is 2.92. The van der Waals surface area contributed by atoms with E-state index >= 15 is 0 Å². The van der Waals surface area contributed by atoms with E-state index in [1.165, 1.54) is 11.3 Å². The lowest BCUT2D eigenvalue weighted by Crippen LogP contribution is -2.51. The SMILES string of the molecule is CCCC(C)(N)C(=O)NC(C)c1ccc(Cl)s1. The van der Waals surface area contributed by atoms with Gasteiger partial charge in [0.05, 0.1) is 15.9 Å². The van der Waals surface area contributed by atoms with Crippen LogP contribution in [0, 0.1) is 0 Å². The minimum atomic E-state index is -0.802. The monoisotopic (exact) mass is 274 g/mol. The Balaban J connectivity index is 2.63. The summed E-state index contributed by atoms with van der Waals surface area (Å²) in [6.07, 6.45) is 1.57. The number of nitrogens with two attached hydrogens (primary N) is 1. The molecule has 5 heteroatoms. The number of carbonyl (C=O) groups is 1. The molecule has 0 aliphatic rings. The fraction of sp³-hybridized carbons (Fsp3) is 0.583. The molecule has 96 valence electrons. The number of carbonyl (C=O) groups excluding carboxylic acids is 1. The highest BCUT2D eigenvalue weighted by Crippen LogP contribution is 2.27. The molecule has 1 heterocycles. The smallest absolute Gasteiger partial charge is 0.240 e. The summed E-state index contributed by atoms with van der Waals surface area (Å²) in [6.45, 7) is 5.71. The number of rotatable bonds is 5. The van der Waals surface area contributed by atoms with Gasteiger partial charge in [-0.1, -0.05) is 24.9 Å². The first-order chi connectivity index (χ1) is 7.86. The molecular formula is C12H19ClN2OS. The molecule has 0 aromatic carbocycles. The highest BCUT2D eigenvalue weighted by Gasteiger charge is 2.28. The summed E-state index contributed by atoms with van der Waals surface area (Å²) >= 11 is 7.33. The molecule has 2 atom stereocenters. The molecule has 0 aliphatic carbocycles. The van der Waals surface area contributed by atoms with E-state index in [9.17, 15) is 4.79 Å². The molecule has 0 bridgehead atoms. The number of halogens is 1. The van der Waals surface area contributed by atoms with Crippen molar-refractivity contribution < 1.29 is 4.79 Å². The summed E-state index contributed by atoms with van der Waals surface area (Å²) < 4.78 is 0.727. The van der Waals surface area contributed by atoms with Crippen LogP contribution in [0.5, 0.6) is 0 Å². The third-order valence-electron chi connectivity index (χ3n) is 2.66. The van der Waals surface area contributed by atoms with Crippen molar-refractivity contribution >= 4 is 28.8 Å². The van der Waals surface area contributed by atoms with Crippen LogP contribution in [0.1, 0.15) is 44.5 Å². The molecule has 0 fully saturated rings. The molecule has 1 aromatic rings. The van der Waals surface area contributed by atoms with Crippen LogP contribution in [0.3, 0.4) is 0 Å². The van der Waals surface area contributed by atoms with Gasteiger partial charge in [0.25, 0.3) is 0 Å². The summed E-state index contributed by atoms with van der Waals surface area (Å²) in [6, 6.07) is 3.70. The Labute approximate surface area is 111 Å². The van der Waals surface area contributed by atoms with Crippen molar-refractivity contribution in [2.45, 2.75) is 45.2 Å². The van der Waals surface area contributed by atoms with E-state index in [1.807, 2.05) is 26.0 Å². The predicted octanol–water partition coefficient (Wildman–Crippen LogP) is 3.10. The molecule has 0 radical (unpaired) electrons. The maximum atomic E-state index is 12.0. The summed E-state index contributed by atoms with van der Waals surface area (Å²) in [5.41, 5.74) is 5.17. The van der Waals surface area contributed by atoms with Crippen LogP contribution in [0.25, 0.3) is 0 Å². The molecule has 3 nitrogen and oxygen atoms in total. The molecule has 1 amide bonds. The minimum absolute atomic E-state index is 0.0558. The summed E-state index contributed by atoms with van der Waals surface area (Å²) in [7, 11) is 0. The van der Waals surface area contributed by atoms with Crippen LogP contribution in [0.4, 0.5) is 0 Å². The van der Waals surface area contributed by atoms with Crippen molar-refractivity contribution in [2.75, 3.05) is 0 Å². The Kier molecular flexibility index (Phi) is 4.98. The van der Waals surface area contributed by atoms with Crippen molar-refractivity contribution in [3.63, 3.8) is 0 Å². The lowest BCUT2D eigenvalue weighted by atomic mass is 9.96. The van der Waals surface area contributed by atoms with Gasteiger partial charge in [0.1, 0.15) is 0 Å². The Morgan fingerprint density at radius 2 is 2.29 bits per heavy atom. The van der Waals surface area contributed by atoms with Crippen molar-refractivity contribution in [3.8, 4) is 0 Å². The van der Waals surface area contributed by atoms with Crippen LogP contribution < -0.4 is 11.1 Å². The quantitative estimate of drug-likeness (QED) is 0.867. The first-order valence-corrected chi connectivity index (χ1v) is 6.91. The van der Waals surface area contributed by atoms with Crippen molar-refractivity contribution in [2.24, 2.45) is 5.73 Å². The van der Waals surface area contributed by atoms with E-state index in [0.717, 1.165) is 15.6 Å². The molecule has 17 heavy (non-hydrogen) atoms. The van der Waals surface area contributed by atoms with Crippen molar-refractivity contribution in [3.05, 3.63) is 21.3 Å². The average molecular weight is 275 g/mol. The maximum Gasteiger partial charge on any atom is 0.240 e. The number of hydrogen-bond acceptors (Lipinski definition) is 3. The minimum Gasteiger partial charge on any atom is -0.347 e. The second-order valence-electron chi connectivity index (χ2n) is 4.50. The molecule has 0 saturated heterocycles. The lowest BCUT2D eigenvalue weighted by molar-refractivity contribution is -0.126. The van der Waals surface area contributed by atoms with Gasteiger partial charge in [-0.25, -0.2) is 0 Å². The van der Waals surface area contributed by atoms with Gasteiger partial charge in [-0.3, -0.25) is 4.79 Å². The largest absolute Gasteiger partial charge is 0.347 e. The Bertz CT molecular complexity index is 390. The summed E-state index contributed by atoms with van der Waals surface area (Å²) in [4.78, 5) is 13.0.